The predicted molar refractivity (Wildman–Crippen MR) is 101 cm³/mol. The Morgan fingerprint density at radius 2 is 2.22 bits per heavy atom. The van der Waals surface area contributed by atoms with Gasteiger partial charge >= 0.3 is 5.97 Å². The molecule has 0 saturated carbocycles. The number of aliphatic hydroxyl groups is 1. The van der Waals surface area contributed by atoms with E-state index in [-0.39, 0.29) is 29.6 Å². The minimum absolute atomic E-state index is 0.00604. The molecule has 3 N–H and O–H groups in total. The number of nitrogens with one attached hydrogen (secondary N) is 1. The first-order chi connectivity index (χ1) is 12.8. The molecule has 0 aliphatic carbocycles. The lowest BCUT2D eigenvalue weighted by atomic mass is 9.79. The maximum absolute atomic E-state index is 12.4. The molecular weight excluding hydrogens is 388 g/mol. The van der Waals surface area contributed by atoms with Gasteiger partial charge in [0.2, 0.25) is 5.91 Å². The number of aliphatic hydroxyl groups excluding tert-OH is 1. The fourth-order valence-electron chi connectivity index (χ4n) is 3.98. The van der Waals surface area contributed by atoms with Gasteiger partial charge in [0.15, 0.2) is 10.2 Å². The summed E-state index contributed by atoms with van der Waals surface area (Å²) in [6.07, 6.45) is 1.27. The number of carbonyl (C=O) groups is 2. The number of aromatic nitrogens is 2. The number of fused-ring (bicyclic) bond motifs is 1. The van der Waals surface area contributed by atoms with Crippen LogP contribution in [0.2, 0.25) is 0 Å². The lowest BCUT2D eigenvalue weighted by molar-refractivity contribution is -0.163. The first kappa shape index (κ1) is 18.6. The van der Waals surface area contributed by atoms with Crippen molar-refractivity contribution in [3.05, 3.63) is 22.5 Å². The molecule has 0 spiro atoms. The predicted octanol–water partition coefficient (Wildman–Crippen LogP) is 1.16. The van der Waals surface area contributed by atoms with E-state index in [2.05, 4.69) is 27.7 Å². The molecule has 1 saturated heterocycles. The maximum Gasteiger partial charge on any atom is 0.353 e. The smallest absolute Gasteiger partial charge is 0.353 e. The molecule has 10 heteroatoms. The number of amides is 1. The molecule has 1 aromatic rings. The van der Waals surface area contributed by atoms with E-state index in [4.69, 9.17) is 0 Å². The molecule has 0 aromatic carbocycles. The molecule has 5 atom stereocenters. The summed E-state index contributed by atoms with van der Waals surface area (Å²) in [7, 11) is 0. The Labute approximate surface area is 164 Å². The molecule has 3 aliphatic rings. The van der Waals surface area contributed by atoms with E-state index in [0.717, 1.165) is 5.57 Å². The monoisotopic (exact) mass is 408 g/mol. The zero-order valence-electron chi connectivity index (χ0n) is 15.0. The average Bonchev–Trinajstić information content (AvgIpc) is 3.27. The number of carbonyl (C=O) groups excluding carboxylic acids is 1. The lowest BCUT2D eigenvalue weighted by Gasteiger charge is -2.46. The van der Waals surface area contributed by atoms with E-state index in [9.17, 15) is 19.8 Å². The van der Waals surface area contributed by atoms with Crippen molar-refractivity contribution in [3.63, 3.8) is 0 Å². The fraction of sp³-hybridized carbons (Fsp3) is 0.529. The van der Waals surface area contributed by atoms with E-state index in [1.54, 1.807) is 6.92 Å². The minimum Gasteiger partial charge on any atom is -0.477 e. The summed E-state index contributed by atoms with van der Waals surface area (Å²) in [4.78, 5) is 30.7. The van der Waals surface area contributed by atoms with Crippen LogP contribution in [0.5, 0.6) is 0 Å². The first-order valence-corrected chi connectivity index (χ1v) is 10.3. The van der Waals surface area contributed by atoms with Gasteiger partial charge in [-0.25, -0.2) is 9.78 Å². The SMILES string of the molecule is C[C@@H]1C=C(c2nsc(SC3=C(C(=O)O)N4C(=O)[C@H]([C@@H](C)O)[C@H]4[C@H]3C)n2)CN1. The molecule has 144 valence electrons. The normalized spacial score (nSPS) is 31.0. The summed E-state index contributed by atoms with van der Waals surface area (Å²) in [5, 5.41) is 22.9. The highest BCUT2D eigenvalue weighted by atomic mass is 32.2. The molecule has 0 bridgehead atoms. The number of thioether (sulfide) groups is 1. The van der Waals surface area contributed by atoms with Gasteiger partial charge in [0.1, 0.15) is 5.70 Å². The molecular formula is C17H20N4O4S2. The second-order valence-electron chi connectivity index (χ2n) is 7.12. The zero-order valence-corrected chi connectivity index (χ0v) is 16.7. The molecule has 0 radical (unpaired) electrons. The Balaban J connectivity index is 1.62. The van der Waals surface area contributed by atoms with Gasteiger partial charge in [-0.05, 0) is 25.4 Å². The van der Waals surface area contributed by atoms with Crippen LogP contribution in [0.25, 0.3) is 5.57 Å². The second kappa shape index (κ2) is 6.69. The summed E-state index contributed by atoms with van der Waals surface area (Å²) in [5.41, 5.74) is 1.04. The third-order valence-electron chi connectivity index (χ3n) is 5.27. The van der Waals surface area contributed by atoms with E-state index in [0.29, 0.717) is 21.6 Å². The third-order valence-corrected chi connectivity index (χ3v) is 7.30. The van der Waals surface area contributed by atoms with Gasteiger partial charge in [-0.15, -0.1) is 0 Å². The summed E-state index contributed by atoms with van der Waals surface area (Å²) >= 11 is 2.48. The summed E-state index contributed by atoms with van der Waals surface area (Å²) in [6.45, 7) is 6.23. The van der Waals surface area contributed by atoms with Gasteiger partial charge in [-0.1, -0.05) is 24.8 Å². The number of carboxylic acids is 1. The topological polar surface area (TPSA) is 116 Å². The molecule has 1 fully saturated rings. The van der Waals surface area contributed by atoms with Crippen molar-refractivity contribution in [1.82, 2.24) is 19.6 Å². The highest BCUT2D eigenvalue weighted by Crippen LogP contribution is 2.52. The summed E-state index contributed by atoms with van der Waals surface area (Å²) in [5.74, 6) is -1.55. The van der Waals surface area contributed by atoms with E-state index in [1.807, 2.05) is 6.92 Å². The molecule has 3 aliphatic heterocycles. The van der Waals surface area contributed by atoms with E-state index < -0.39 is 18.0 Å². The van der Waals surface area contributed by atoms with Crippen LogP contribution in [-0.2, 0) is 9.59 Å². The number of aliphatic carboxylic acids is 1. The molecule has 4 heterocycles. The number of rotatable bonds is 5. The van der Waals surface area contributed by atoms with Crippen molar-refractivity contribution < 1.29 is 19.8 Å². The molecule has 1 aromatic heterocycles. The largest absolute Gasteiger partial charge is 0.477 e. The average molecular weight is 409 g/mol. The Hall–Kier alpha value is -1.75. The van der Waals surface area contributed by atoms with Gasteiger partial charge < -0.3 is 20.4 Å². The zero-order chi connectivity index (χ0) is 19.5. The number of hydrogen-bond acceptors (Lipinski definition) is 8. The van der Waals surface area contributed by atoms with Crippen molar-refractivity contribution in [3.8, 4) is 0 Å². The first-order valence-electron chi connectivity index (χ1n) is 8.74. The van der Waals surface area contributed by atoms with Crippen LogP contribution >= 0.6 is 23.3 Å². The molecule has 1 amide bonds. The van der Waals surface area contributed by atoms with Crippen LogP contribution in [-0.4, -0.2) is 61.1 Å². The van der Waals surface area contributed by atoms with Crippen molar-refractivity contribution in [2.75, 3.05) is 6.54 Å². The number of hydrogen-bond donors (Lipinski definition) is 3. The summed E-state index contributed by atoms with van der Waals surface area (Å²) < 4.78 is 5.04. The maximum atomic E-state index is 12.4. The van der Waals surface area contributed by atoms with Gasteiger partial charge in [0, 0.05) is 29.0 Å². The van der Waals surface area contributed by atoms with Gasteiger partial charge in [0.05, 0.1) is 18.1 Å². The molecule has 0 unspecified atom stereocenters. The lowest BCUT2D eigenvalue weighted by Crippen LogP contribution is -2.63. The van der Waals surface area contributed by atoms with Crippen LogP contribution in [0.15, 0.2) is 21.0 Å². The van der Waals surface area contributed by atoms with Crippen molar-refractivity contribution in [2.45, 2.75) is 43.3 Å². The Bertz CT molecular complexity index is 878. The van der Waals surface area contributed by atoms with Crippen LogP contribution < -0.4 is 5.32 Å². The van der Waals surface area contributed by atoms with Crippen LogP contribution in [0.4, 0.5) is 0 Å². The Kier molecular flexibility index (Phi) is 4.61. The van der Waals surface area contributed by atoms with Gasteiger partial charge in [-0.2, -0.15) is 4.37 Å². The van der Waals surface area contributed by atoms with E-state index >= 15 is 0 Å². The Morgan fingerprint density at radius 1 is 1.48 bits per heavy atom. The quantitative estimate of drug-likeness (QED) is 0.622. The minimum atomic E-state index is -1.13. The number of carboxylic acid groups (broad SMARTS) is 1. The molecule has 27 heavy (non-hydrogen) atoms. The fourth-order valence-corrected chi connectivity index (χ4v) is 5.88. The second-order valence-corrected chi connectivity index (χ2v) is 9.16. The van der Waals surface area contributed by atoms with Gasteiger partial charge in [-0.3, -0.25) is 4.79 Å². The van der Waals surface area contributed by atoms with Crippen molar-refractivity contribution in [1.29, 1.82) is 0 Å². The molecule has 4 rings (SSSR count). The van der Waals surface area contributed by atoms with Crippen molar-refractivity contribution >= 4 is 40.7 Å². The van der Waals surface area contributed by atoms with Crippen LogP contribution in [0.3, 0.4) is 0 Å². The van der Waals surface area contributed by atoms with Crippen LogP contribution in [0.1, 0.15) is 26.6 Å². The van der Waals surface area contributed by atoms with E-state index in [1.165, 1.54) is 28.2 Å². The third kappa shape index (κ3) is 2.91. The highest BCUT2D eigenvalue weighted by Gasteiger charge is 2.60. The van der Waals surface area contributed by atoms with Crippen LogP contribution in [0, 0.1) is 11.8 Å². The number of β-lactam (4-membered cyclic amide) rings is 1. The Morgan fingerprint density at radius 3 is 2.81 bits per heavy atom. The standard InChI is InChI=1S/C17H20N4O4S2/c1-6-4-9(5-18-6)14-19-17(27-20-14)26-13-7(2)11-10(8(3)22)15(23)21(11)12(13)16(24)25/h4,6-8,10-11,18,22H,5H2,1-3H3,(H,24,25)/t6-,7-,8-,10-,11-/m1/s1. The highest BCUT2D eigenvalue weighted by molar-refractivity contribution is 8.04. The van der Waals surface area contributed by atoms with Crippen molar-refractivity contribution in [2.24, 2.45) is 11.8 Å². The summed E-state index contributed by atoms with van der Waals surface area (Å²) in [6, 6.07) is -0.0382. The molecule has 8 nitrogen and oxygen atoms in total. The van der Waals surface area contributed by atoms with Gasteiger partial charge in [0.25, 0.3) is 0 Å². The number of nitrogens with zero attached hydrogens (tertiary/aromatic N) is 3.